The molecule has 0 fully saturated rings. The van der Waals surface area contributed by atoms with Gasteiger partial charge in [-0.2, -0.15) is 0 Å². The van der Waals surface area contributed by atoms with Crippen molar-refractivity contribution in [2.45, 2.75) is 0 Å². The van der Waals surface area contributed by atoms with Crippen LogP contribution >= 0.6 is 0 Å². The molecule has 21 heavy (non-hydrogen) atoms. The first-order chi connectivity index (χ1) is 10.1. The van der Waals surface area contributed by atoms with Crippen molar-refractivity contribution in [3.8, 4) is 5.75 Å². The molecule has 1 heterocycles. The molecule has 0 radical (unpaired) electrons. The molecule has 0 aliphatic heterocycles. The van der Waals surface area contributed by atoms with Gasteiger partial charge in [-0.25, -0.2) is 0 Å². The zero-order valence-corrected chi connectivity index (χ0v) is 11.0. The molecule has 0 bridgehead atoms. The van der Waals surface area contributed by atoms with Crippen LogP contribution in [0.2, 0.25) is 0 Å². The Labute approximate surface area is 119 Å². The number of hydrogen-bond donors (Lipinski definition) is 3. The standard InChI is InChI=1S/C16H12N2O3/c19-14-8-4-3-7-13(14)18-16(21)11-9-10-5-1-2-6-12(10)17-15(11)20/h1-9,19H,(H,17,20)(H,18,21). The number of aromatic hydroxyl groups is 1. The second-order valence-corrected chi connectivity index (χ2v) is 4.57. The molecule has 0 saturated carbocycles. The summed E-state index contributed by atoms with van der Waals surface area (Å²) in [5.41, 5.74) is 0.454. The van der Waals surface area contributed by atoms with Gasteiger partial charge in [-0.15, -0.1) is 0 Å². The van der Waals surface area contributed by atoms with Crippen LogP contribution in [0.1, 0.15) is 10.4 Å². The second-order valence-electron chi connectivity index (χ2n) is 4.57. The van der Waals surface area contributed by atoms with Crippen LogP contribution in [0.3, 0.4) is 0 Å². The number of para-hydroxylation sites is 3. The first-order valence-corrected chi connectivity index (χ1v) is 6.36. The maximum absolute atomic E-state index is 12.2. The fourth-order valence-corrected chi connectivity index (χ4v) is 2.09. The van der Waals surface area contributed by atoms with Gasteiger partial charge in [-0.3, -0.25) is 9.59 Å². The molecule has 1 amide bonds. The number of pyridine rings is 1. The van der Waals surface area contributed by atoms with Crippen LogP contribution in [0.4, 0.5) is 5.69 Å². The van der Waals surface area contributed by atoms with Gasteiger partial charge in [0.2, 0.25) is 0 Å². The third-order valence-electron chi connectivity index (χ3n) is 3.15. The molecule has 104 valence electrons. The topological polar surface area (TPSA) is 82.2 Å². The molecule has 0 spiro atoms. The zero-order valence-electron chi connectivity index (χ0n) is 11.0. The number of amides is 1. The van der Waals surface area contributed by atoms with Crippen molar-refractivity contribution in [1.82, 2.24) is 4.98 Å². The third kappa shape index (κ3) is 2.49. The Kier molecular flexibility index (Phi) is 3.16. The van der Waals surface area contributed by atoms with Crippen LogP contribution in [0, 0.1) is 0 Å². The van der Waals surface area contributed by atoms with Crippen molar-refractivity contribution >= 4 is 22.5 Å². The van der Waals surface area contributed by atoms with Crippen LogP contribution < -0.4 is 10.9 Å². The number of carbonyl (C=O) groups excluding carboxylic acids is 1. The Morgan fingerprint density at radius 1 is 1.05 bits per heavy atom. The number of aromatic amines is 1. The highest BCUT2D eigenvalue weighted by Gasteiger charge is 2.13. The molecule has 3 N–H and O–H groups in total. The normalized spacial score (nSPS) is 10.5. The van der Waals surface area contributed by atoms with E-state index in [1.54, 1.807) is 30.3 Å². The fourth-order valence-electron chi connectivity index (χ4n) is 2.09. The van der Waals surface area contributed by atoms with Gasteiger partial charge in [0.1, 0.15) is 11.3 Å². The van der Waals surface area contributed by atoms with Gasteiger partial charge in [-0.05, 0) is 29.7 Å². The lowest BCUT2D eigenvalue weighted by molar-refractivity contribution is 0.102. The molecule has 5 nitrogen and oxygen atoms in total. The van der Waals surface area contributed by atoms with Crippen LogP contribution in [0.15, 0.2) is 59.4 Å². The number of phenolic OH excluding ortho intramolecular Hbond substituents is 1. The number of phenols is 1. The number of hydrogen-bond acceptors (Lipinski definition) is 3. The molecule has 3 aromatic rings. The lowest BCUT2D eigenvalue weighted by Crippen LogP contribution is -2.23. The monoisotopic (exact) mass is 280 g/mol. The number of aromatic nitrogens is 1. The number of carbonyl (C=O) groups is 1. The minimum atomic E-state index is -0.566. The highest BCUT2D eigenvalue weighted by Crippen LogP contribution is 2.22. The average Bonchev–Trinajstić information content (AvgIpc) is 2.49. The molecule has 1 aromatic heterocycles. The first-order valence-electron chi connectivity index (χ1n) is 6.36. The van der Waals surface area contributed by atoms with E-state index in [0.29, 0.717) is 5.52 Å². The van der Waals surface area contributed by atoms with E-state index in [2.05, 4.69) is 10.3 Å². The maximum atomic E-state index is 12.2. The number of H-pyrrole nitrogens is 1. The SMILES string of the molecule is O=C(Nc1ccccc1O)c1cc2ccccc2[nH]c1=O. The van der Waals surface area contributed by atoms with Crippen LogP contribution in [-0.4, -0.2) is 16.0 Å². The molecule has 0 saturated heterocycles. The van der Waals surface area contributed by atoms with Crippen molar-refractivity contribution in [2.24, 2.45) is 0 Å². The summed E-state index contributed by atoms with van der Waals surface area (Å²) in [6.45, 7) is 0. The van der Waals surface area contributed by atoms with Gasteiger partial charge >= 0.3 is 0 Å². The number of benzene rings is 2. The third-order valence-corrected chi connectivity index (χ3v) is 3.15. The van der Waals surface area contributed by atoms with Crippen LogP contribution in [-0.2, 0) is 0 Å². The number of nitrogens with one attached hydrogen (secondary N) is 2. The minimum Gasteiger partial charge on any atom is -0.506 e. The van der Waals surface area contributed by atoms with Crippen molar-refractivity contribution < 1.29 is 9.90 Å². The zero-order chi connectivity index (χ0) is 14.8. The fraction of sp³-hybridized carbons (Fsp3) is 0. The number of anilines is 1. The van der Waals surface area contributed by atoms with E-state index >= 15 is 0 Å². The number of rotatable bonds is 2. The van der Waals surface area contributed by atoms with Gasteiger partial charge in [0.05, 0.1) is 5.69 Å². The van der Waals surface area contributed by atoms with Gasteiger partial charge in [0.15, 0.2) is 0 Å². The predicted octanol–water partition coefficient (Wildman–Crippen LogP) is 2.49. The number of fused-ring (bicyclic) bond motifs is 1. The first kappa shape index (κ1) is 12.9. The van der Waals surface area contributed by atoms with E-state index in [1.165, 1.54) is 12.1 Å². The van der Waals surface area contributed by atoms with Crippen LogP contribution in [0.25, 0.3) is 10.9 Å². The van der Waals surface area contributed by atoms with Crippen molar-refractivity contribution in [3.05, 3.63) is 70.5 Å². The van der Waals surface area contributed by atoms with Gasteiger partial charge in [0, 0.05) is 5.52 Å². The average molecular weight is 280 g/mol. The summed E-state index contributed by atoms with van der Waals surface area (Å²) < 4.78 is 0. The maximum Gasteiger partial charge on any atom is 0.261 e. The highest BCUT2D eigenvalue weighted by molar-refractivity contribution is 6.06. The van der Waals surface area contributed by atoms with E-state index in [-0.39, 0.29) is 17.0 Å². The molecule has 3 rings (SSSR count). The smallest absolute Gasteiger partial charge is 0.261 e. The predicted molar refractivity (Wildman–Crippen MR) is 80.6 cm³/mol. The molecule has 5 heteroatoms. The summed E-state index contributed by atoms with van der Waals surface area (Å²) in [5.74, 6) is -0.619. The van der Waals surface area contributed by atoms with Crippen LogP contribution in [0.5, 0.6) is 5.75 Å². The van der Waals surface area contributed by atoms with E-state index in [1.807, 2.05) is 12.1 Å². The van der Waals surface area contributed by atoms with Crippen molar-refractivity contribution in [1.29, 1.82) is 0 Å². The Balaban J connectivity index is 2.00. The molecule has 0 aliphatic carbocycles. The molecule has 0 atom stereocenters. The Hall–Kier alpha value is -3.08. The van der Waals surface area contributed by atoms with Gasteiger partial charge < -0.3 is 15.4 Å². The molecule has 0 unspecified atom stereocenters. The largest absolute Gasteiger partial charge is 0.506 e. The van der Waals surface area contributed by atoms with Crippen molar-refractivity contribution in [3.63, 3.8) is 0 Å². The molecule has 2 aromatic carbocycles. The van der Waals surface area contributed by atoms with E-state index in [4.69, 9.17) is 0 Å². The summed E-state index contributed by atoms with van der Waals surface area (Å²) >= 11 is 0. The molecular formula is C16H12N2O3. The minimum absolute atomic E-state index is 0.00282. The summed E-state index contributed by atoms with van der Waals surface area (Å²) in [5, 5.41) is 12.9. The van der Waals surface area contributed by atoms with Crippen molar-refractivity contribution in [2.75, 3.05) is 5.32 Å². The second kappa shape index (κ2) is 5.13. The van der Waals surface area contributed by atoms with E-state index in [9.17, 15) is 14.7 Å². The summed E-state index contributed by atoms with van der Waals surface area (Å²) in [4.78, 5) is 26.8. The molecule has 0 aliphatic rings. The summed E-state index contributed by atoms with van der Waals surface area (Å²) in [6.07, 6.45) is 0. The molecular weight excluding hydrogens is 268 g/mol. The van der Waals surface area contributed by atoms with E-state index in [0.717, 1.165) is 5.39 Å². The Bertz CT molecular complexity index is 884. The highest BCUT2D eigenvalue weighted by atomic mass is 16.3. The quantitative estimate of drug-likeness (QED) is 0.631. The summed E-state index contributed by atoms with van der Waals surface area (Å²) in [6, 6.07) is 15.1. The lowest BCUT2D eigenvalue weighted by Gasteiger charge is -2.07. The lowest BCUT2D eigenvalue weighted by atomic mass is 10.1. The van der Waals surface area contributed by atoms with E-state index < -0.39 is 11.5 Å². The van der Waals surface area contributed by atoms with Gasteiger partial charge in [0.25, 0.3) is 11.5 Å². The Morgan fingerprint density at radius 3 is 2.57 bits per heavy atom. The Morgan fingerprint density at radius 2 is 1.76 bits per heavy atom. The summed E-state index contributed by atoms with van der Waals surface area (Å²) in [7, 11) is 0. The van der Waals surface area contributed by atoms with Gasteiger partial charge in [-0.1, -0.05) is 30.3 Å².